The molecule has 35 heavy (non-hydrogen) atoms. The lowest BCUT2D eigenvalue weighted by molar-refractivity contribution is -0.629. The molecule has 4 fully saturated rings. The average Bonchev–Trinajstić information content (AvgIpc) is 2.70. The van der Waals surface area contributed by atoms with Gasteiger partial charge in [0.15, 0.2) is 0 Å². The maximum Gasteiger partial charge on any atom is 0.344 e. The van der Waals surface area contributed by atoms with Gasteiger partial charge in [0.05, 0.1) is 5.60 Å². The lowest BCUT2D eigenvalue weighted by Gasteiger charge is -2.76. The Balaban J connectivity index is 2.74. The molecule has 0 aromatic heterocycles. The summed E-state index contributed by atoms with van der Waals surface area (Å²) in [6.45, 7) is 4.12. The normalized spacial score (nSPS) is 43.0. The van der Waals surface area contributed by atoms with E-state index in [-0.39, 0.29) is 0 Å². The molecule has 4 aliphatic rings. The number of hydrogen-bond acceptors (Lipinski definition) is 3. The first-order valence-corrected chi connectivity index (χ1v) is 9.42. The minimum Gasteiger partial charge on any atom is -0.436 e. The second-order valence-corrected chi connectivity index (χ2v) is 8.97. The van der Waals surface area contributed by atoms with Crippen molar-refractivity contribution in [3.63, 3.8) is 0 Å². The van der Waals surface area contributed by atoms with Crippen molar-refractivity contribution in [1.82, 2.24) is 0 Å². The Bertz CT molecular complexity index is 945. The fourth-order valence-corrected chi connectivity index (χ4v) is 4.89. The van der Waals surface area contributed by atoms with Crippen molar-refractivity contribution in [2.75, 3.05) is 0 Å². The molecule has 0 spiro atoms. The maximum absolute atomic E-state index is 15.6. The van der Waals surface area contributed by atoms with Crippen molar-refractivity contribution in [1.29, 1.82) is 0 Å². The summed E-state index contributed by atoms with van der Waals surface area (Å²) >= 11 is 0. The molecule has 0 saturated heterocycles. The van der Waals surface area contributed by atoms with Gasteiger partial charge >= 0.3 is 58.4 Å². The van der Waals surface area contributed by atoms with Crippen LogP contribution in [0.2, 0.25) is 0 Å². The summed E-state index contributed by atoms with van der Waals surface area (Å²) < 4.78 is 220. The highest BCUT2D eigenvalue weighted by atomic mass is 19.3. The van der Waals surface area contributed by atoms with E-state index in [0.29, 0.717) is 13.8 Å². The fraction of sp³-hybridized carbons (Fsp3) is 0.833. The lowest BCUT2D eigenvalue weighted by atomic mass is 9.39. The van der Waals surface area contributed by atoms with Crippen LogP contribution in [0.5, 0.6) is 0 Å². The van der Waals surface area contributed by atoms with Crippen LogP contribution in [0, 0.1) is 0 Å². The van der Waals surface area contributed by atoms with Gasteiger partial charge in [-0.05, 0) is 20.3 Å². The summed E-state index contributed by atoms with van der Waals surface area (Å²) in [6.07, 6.45) is -1.37. The van der Waals surface area contributed by atoms with Crippen LogP contribution < -0.4 is 0 Å². The number of ether oxygens (including phenoxy) is 2. The van der Waals surface area contributed by atoms with Gasteiger partial charge < -0.3 is 9.47 Å². The SMILES string of the molecule is C=CC(=O)OC12C(F)(F)C3(F)C(F)(F)C(F)(C1(F)F)C(F)(F)C(OC(C)(C)CC)(C3(F)F)C2(F)F. The molecule has 3 nitrogen and oxygen atoms in total. The van der Waals surface area contributed by atoms with Crippen molar-refractivity contribution in [2.45, 2.75) is 90.9 Å². The zero-order valence-corrected chi connectivity index (χ0v) is 17.5. The third kappa shape index (κ3) is 1.97. The second-order valence-electron chi connectivity index (χ2n) is 8.97. The van der Waals surface area contributed by atoms with E-state index in [4.69, 9.17) is 0 Å². The number of alkyl halides is 14. The zero-order valence-electron chi connectivity index (χ0n) is 17.5. The summed E-state index contributed by atoms with van der Waals surface area (Å²) in [4.78, 5) is 11.5. The van der Waals surface area contributed by atoms with E-state index in [1.807, 2.05) is 0 Å². The second kappa shape index (κ2) is 6.18. The van der Waals surface area contributed by atoms with Gasteiger partial charge in [-0.3, -0.25) is 0 Å². The van der Waals surface area contributed by atoms with E-state index in [1.54, 1.807) is 0 Å². The molecule has 0 aliphatic heterocycles. The molecule has 2 unspecified atom stereocenters. The van der Waals surface area contributed by atoms with Gasteiger partial charge in [-0.2, -0.15) is 52.7 Å². The summed E-state index contributed by atoms with van der Waals surface area (Å²) in [5.74, 6) is -48.2. The molecular weight excluding hydrogens is 530 g/mol. The largest absolute Gasteiger partial charge is 0.436 e. The summed E-state index contributed by atoms with van der Waals surface area (Å²) in [5.41, 5.74) is -31.8. The first-order valence-electron chi connectivity index (χ1n) is 9.42. The monoisotopic (exact) mass is 544 g/mol. The summed E-state index contributed by atoms with van der Waals surface area (Å²) in [7, 11) is 0. The number of rotatable bonds is 5. The summed E-state index contributed by atoms with van der Waals surface area (Å²) in [6, 6.07) is 0. The maximum atomic E-state index is 15.6. The molecule has 4 saturated carbocycles. The Labute approximate surface area is 186 Å². The van der Waals surface area contributed by atoms with E-state index < -0.39 is 82.1 Å². The molecular formula is C18H14F14O3. The van der Waals surface area contributed by atoms with E-state index in [1.165, 1.54) is 0 Å². The van der Waals surface area contributed by atoms with Crippen molar-refractivity contribution in [3.05, 3.63) is 12.7 Å². The van der Waals surface area contributed by atoms with Crippen LogP contribution >= 0.6 is 0 Å². The summed E-state index contributed by atoms with van der Waals surface area (Å²) in [5, 5.41) is 0. The Morgan fingerprint density at radius 3 is 1.34 bits per heavy atom. The highest BCUT2D eigenvalue weighted by molar-refractivity contribution is 5.82. The minimum absolute atomic E-state index is 0.417. The topological polar surface area (TPSA) is 35.5 Å². The van der Waals surface area contributed by atoms with E-state index in [0.717, 1.165) is 6.92 Å². The highest BCUT2D eigenvalue weighted by Gasteiger charge is 3.24. The number of carbonyl (C=O) groups excluding carboxylic acids is 1. The highest BCUT2D eigenvalue weighted by Crippen LogP contribution is 2.88. The Hall–Kier alpha value is -1.81. The third-order valence-electron chi connectivity index (χ3n) is 6.95. The first-order chi connectivity index (χ1) is 15.2. The molecule has 17 heteroatoms. The van der Waals surface area contributed by atoms with E-state index >= 15 is 52.7 Å². The molecule has 0 aromatic carbocycles. The van der Waals surface area contributed by atoms with Crippen molar-refractivity contribution in [2.24, 2.45) is 0 Å². The molecule has 2 atom stereocenters. The molecule has 0 aromatic rings. The first kappa shape index (κ1) is 27.8. The molecule has 4 bridgehead atoms. The Morgan fingerprint density at radius 1 is 0.686 bits per heavy atom. The van der Waals surface area contributed by atoms with Crippen LogP contribution in [-0.4, -0.2) is 69.6 Å². The van der Waals surface area contributed by atoms with Crippen LogP contribution in [0.3, 0.4) is 0 Å². The molecule has 0 radical (unpaired) electrons. The fourth-order valence-electron chi connectivity index (χ4n) is 4.89. The number of halogens is 14. The van der Waals surface area contributed by atoms with Gasteiger partial charge in [0.2, 0.25) is 0 Å². The van der Waals surface area contributed by atoms with Crippen molar-refractivity contribution in [3.8, 4) is 0 Å². The predicted molar refractivity (Wildman–Crippen MR) is 84.6 cm³/mol. The van der Waals surface area contributed by atoms with E-state index in [9.17, 15) is 13.6 Å². The number of hydrogen-bond donors (Lipinski definition) is 0. The van der Waals surface area contributed by atoms with Gasteiger partial charge in [-0.25, -0.2) is 13.6 Å². The van der Waals surface area contributed by atoms with E-state index in [2.05, 4.69) is 16.1 Å². The Morgan fingerprint density at radius 2 is 1.03 bits per heavy atom. The molecule has 4 aliphatic carbocycles. The van der Waals surface area contributed by atoms with Crippen LogP contribution in [-0.2, 0) is 14.3 Å². The number of esters is 1. The van der Waals surface area contributed by atoms with Gasteiger partial charge in [-0.1, -0.05) is 13.5 Å². The third-order valence-corrected chi connectivity index (χ3v) is 6.95. The van der Waals surface area contributed by atoms with Gasteiger partial charge in [0, 0.05) is 6.08 Å². The van der Waals surface area contributed by atoms with Crippen molar-refractivity contribution < 1.29 is 75.7 Å². The van der Waals surface area contributed by atoms with Crippen LogP contribution in [0.1, 0.15) is 27.2 Å². The smallest absolute Gasteiger partial charge is 0.344 e. The Kier molecular flexibility index (Phi) is 4.90. The van der Waals surface area contributed by atoms with Crippen LogP contribution in [0.15, 0.2) is 12.7 Å². The number of carbonyl (C=O) groups is 1. The quantitative estimate of drug-likeness (QED) is 0.255. The predicted octanol–water partition coefficient (Wildman–Crippen LogP) is 5.67. The van der Waals surface area contributed by atoms with Crippen LogP contribution in [0.25, 0.3) is 0 Å². The van der Waals surface area contributed by atoms with Gasteiger partial charge in [-0.15, -0.1) is 0 Å². The molecule has 202 valence electrons. The van der Waals surface area contributed by atoms with Gasteiger partial charge in [0.25, 0.3) is 5.60 Å². The van der Waals surface area contributed by atoms with Crippen molar-refractivity contribution >= 4 is 5.97 Å². The molecule has 0 heterocycles. The molecule has 0 amide bonds. The zero-order chi connectivity index (χ0) is 27.9. The van der Waals surface area contributed by atoms with Crippen LogP contribution in [0.4, 0.5) is 61.5 Å². The average molecular weight is 544 g/mol. The lowest BCUT2D eigenvalue weighted by Crippen LogP contribution is -3.11. The standard InChI is InChI=1S/C18H14F14O3/c1-5-7(33)34-11-14(23,24)9(19)13(21,22)10(20,15(11,25)26)17(29,30)12(16(9,27)28,18(11,31)32)35-8(3,4)6-2/h5H,1,6H2,2-4H3. The van der Waals surface area contributed by atoms with Gasteiger partial charge in [0.1, 0.15) is 0 Å². The molecule has 0 N–H and O–H groups in total. The minimum atomic E-state index is -7.77. The molecule has 4 rings (SSSR count).